The van der Waals surface area contributed by atoms with Crippen molar-refractivity contribution in [2.75, 3.05) is 13.2 Å². The molecule has 1 saturated heterocycles. The summed E-state index contributed by atoms with van der Waals surface area (Å²) in [4.78, 5) is 0. The molecule has 1 unspecified atom stereocenters. The van der Waals surface area contributed by atoms with Gasteiger partial charge in [-0.05, 0) is 25.3 Å². The average Bonchev–Trinajstić information content (AvgIpc) is 2.38. The molecule has 1 fully saturated rings. The molecule has 0 aromatic heterocycles. The molecule has 2 nitrogen and oxygen atoms in total. The first-order valence-electron chi connectivity index (χ1n) is 5.89. The molecule has 0 amide bonds. The molecule has 0 radical (unpaired) electrons. The summed E-state index contributed by atoms with van der Waals surface area (Å²) in [6.45, 7) is 1.38. The van der Waals surface area contributed by atoms with Crippen LogP contribution in [0.25, 0.3) is 0 Å². The van der Waals surface area contributed by atoms with E-state index in [9.17, 15) is 0 Å². The van der Waals surface area contributed by atoms with Gasteiger partial charge in [0.25, 0.3) is 0 Å². The minimum Gasteiger partial charge on any atom is -0.489 e. The molecule has 1 atom stereocenters. The molecule has 17 heavy (non-hydrogen) atoms. The molecule has 0 N–H and O–H groups in total. The van der Waals surface area contributed by atoms with E-state index < -0.39 is 0 Å². The summed E-state index contributed by atoms with van der Waals surface area (Å²) in [7, 11) is 0. The second kappa shape index (κ2) is 6.48. The highest BCUT2D eigenvalue weighted by atomic mass is 35.5. The number of alkyl halides is 1. The molecule has 4 heteroatoms. The topological polar surface area (TPSA) is 18.5 Å². The molecule has 1 aromatic carbocycles. The fourth-order valence-corrected chi connectivity index (χ4v) is 2.39. The quantitative estimate of drug-likeness (QED) is 0.772. The molecule has 1 aliphatic heterocycles. The normalized spacial score (nSPS) is 20.2. The first-order valence-corrected chi connectivity index (χ1v) is 6.80. The van der Waals surface area contributed by atoms with Crippen molar-refractivity contribution in [3.8, 4) is 5.75 Å². The van der Waals surface area contributed by atoms with Gasteiger partial charge in [-0.1, -0.05) is 23.7 Å². The Morgan fingerprint density at radius 3 is 2.94 bits per heavy atom. The Labute approximate surface area is 112 Å². The Morgan fingerprint density at radius 1 is 1.35 bits per heavy atom. The van der Waals surface area contributed by atoms with E-state index in [1.807, 2.05) is 18.2 Å². The largest absolute Gasteiger partial charge is 0.489 e. The fraction of sp³-hybridized carbons (Fsp3) is 0.538. The van der Waals surface area contributed by atoms with Crippen LogP contribution < -0.4 is 4.74 Å². The third-order valence-electron chi connectivity index (χ3n) is 2.88. The predicted molar refractivity (Wildman–Crippen MR) is 70.1 cm³/mol. The molecule has 1 heterocycles. The lowest BCUT2D eigenvalue weighted by Crippen LogP contribution is -2.26. The Kier molecular flexibility index (Phi) is 4.96. The van der Waals surface area contributed by atoms with Crippen LogP contribution in [0.4, 0.5) is 0 Å². The highest BCUT2D eigenvalue weighted by Gasteiger charge is 2.16. The van der Waals surface area contributed by atoms with Crippen molar-refractivity contribution in [3.05, 3.63) is 28.8 Å². The smallest absolute Gasteiger partial charge is 0.142 e. The van der Waals surface area contributed by atoms with Crippen molar-refractivity contribution < 1.29 is 9.47 Å². The van der Waals surface area contributed by atoms with Gasteiger partial charge in [-0.25, -0.2) is 0 Å². The number of benzene rings is 1. The molecule has 0 spiro atoms. The van der Waals surface area contributed by atoms with Crippen LogP contribution in [0.3, 0.4) is 0 Å². The Morgan fingerprint density at radius 2 is 2.24 bits per heavy atom. The average molecular weight is 275 g/mol. The molecule has 0 saturated carbocycles. The minimum atomic E-state index is 0.184. The molecule has 0 aliphatic carbocycles. The summed E-state index contributed by atoms with van der Waals surface area (Å²) in [5, 5.41) is 0.610. The predicted octanol–water partition coefficient (Wildman–Crippen LogP) is 4.03. The maximum atomic E-state index is 6.10. The zero-order valence-electron chi connectivity index (χ0n) is 9.62. The van der Waals surface area contributed by atoms with E-state index >= 15 is 0 Å². The van der Waals surface area contributed by atoms with Gasteiger partial charge in [0, 0.05) is 12.2 Å². The van der Waals surface area contributed by atoms with Gasteiger partial charge in [-0.15, -0.1) is 11.6 Å². The Hall–Kier alpha value is -0.440. The third-order valence-corrected chi connectivity index (χ3v) is 3.47. The maximum absolute atomic E-state index is 6.10. The molecular formula is C13H16Cl2O2. The highest BCUT2D eigenvalue weighted by molar-refractivity contribution is 6.32. The van der Waals surface area contributed by atoms with Gasteiger partial charge in [0.15, 0.2) is 0 Å². The highest BCUT2D eigenvalue weighted by Crippen LogP contribution is 2.30. The van der Waals surface area contributed by atoms with Crippen LogP contribution in [0, 0.1) is 0 Å². The molecule has 2 rings (SSSR count). The van der Waals surface area contributed by atoms with E-state index in [1.165, 1.54) is 6.42 Å². The maximum Gasteiger partial charge on any atom is 0.142 e. The van der Waals surface area contributed by atoms with Crippen molar-refractivity contribution in [2.45, 2.75) is 31.2 Å². The fourth-order valence-electron chi connectivity index (χ4n) is 1.94. The van der Waals surface area contributed by atoms with Crippen molar-refractivity contribution in [1.29, 1.82) is 0 Å². The lowest BCUT2D eigenvalue weighted by Gasteiger charge is -2.23. The van der Waals surface area contributed by atoms with Crippen LogP contribution in [0.5, 0.6) is 5.75 Å². The van der Waals surface area contributed by atoms with Crippen molar-refractivity contribution in [2.24, 2.45) is 0 Å². The number of hydrogen-bond acceptors (Lipinski definition) is 2. The lowest BCUT2D eigenvalue weighted by molar-refractivity contribution is -0.0111. The second-order valence-corrected chi connectivity index (χ2v) is 4.84. The summed E-state index contributed by atoms with van der Waals surface area (Å²) < 4.78 is 11.4. The number of para-hydroxylation sites is 1. The van der Waals surface area contributed by atoms with Crippen LogP contribution >= 0.6 is 23.2 Å². The van der Waals surface area contributed by atoms with Gasteiger partial charge in [-0.2, -0.15) is 0 Å². The third kappa shape index (κ3) is 3.51. The molecule has 94 valence electrons. The monoisotopic (exact) mass is 274 g/mol. The first-order chi connectivity index (χ1) is 8.31. The Balaban J connectivity index is 1.97. The molecular weight excluding hydrogens is 259 g/mol. The van der Waals surface area contributed by atoms with Crippen LogP contribution in [-0.4, -0.2) is 19.3 Å². The number of halogens is 2. The molecule has 1 aliphatic rings. The Bertz CT molecular complexity index is 362. The summed E-state index contributed by atoms with van der Waals surface area (Å²) >= 11 is 12.0. The number of hydrogen-bond donors (Lipinski definition) is 0. The number of rotatable bonds is 4. The summed E-state index contributed by atoms with van der Waals surface area (Å²) in [5.74, 6) is 1.10. The molecule has 1 aromatic rings. The van der Waals surface area contributed by atoms with Gasteiger partial charge >= 0.3 is 0 Å². The van der Waals surface area contributed by atoms with E-state index in [2.05, 4.69) is 0 Å². The lowest BCUT2D eigenvalue weighted by atomic mass is 10.1. The van der Waals surface area contributed by atoms with Gasteiger partial charge in [-0.3, -0.25) is 0 Å². The van der Waals surface area contributed by atoms with Crippen molar-refractivity contribution in [1.82, 2.24) is 0 Å². The van der Waals surface area contributed by atoms with E-state index in [1.54, 1.807) is 0 Å². The SMILES string of the molecule is ClCc1cccc(Cl)c1OCC1CCCCO1. The van der Waals surface area contributed by atoms with Gasteiger partial charge < -0.3 is 9.47 Å². The van der Waals surface area contributed by atoms with Crippen LogP contribution in [0.2, 0.25) is 5.02 Å². The van der Waals surface area contributed by atoms with Crippen molar-refractivity contribution in [3.63, 3.8) is 0 Å². The van der Waals surface area contributed by atoms with E-state index in [4.69, 9.17) is 32.7 Å². The minimum absolute atomic E-state index is 0.184. The van der Waals surface area contributed by atoms with Gasteiger partial charge in [0.05, 0.1) is 17.0 Å². The van der Waals surface area contributed by atoms with E-state index in [-0.39, 0.29) is 6.10 Å². The summed E-state index contributed by atoms with van der Waals surface area (Å²) in [6, 6.07) is 5.62. The standard InChI is InChI=1S/C13H16Cl2O2/c14-8-10-4-3-6-12(15)13(10)17-9-11-5-1-2-7-16-11/h3-4,6,11H,1-2,5,7-9H2. The van der Waals surface area contributed by atoms with Crippen LogP contribution in [0.1, 0.15) is 24.8 Å². The number of ether oxygens (including phenoxy) is 2. The second-order valence-electron chi connectivity index (χ2n) is 4.16. The zero-order valence-corrected chi connectivity index (χ0v) is 11.1. The first kappa shape index (κ1) is 13.0. The van der Waals surface area contributed by atoms with Gasteiger partial charge in [0.1, 0.15) is 12.4 Å². The summed E-state index contributed by atoms with van der Waals surface area (Å²) in [6.07, 6.45) is 3.60. The summed E-state index contributed by atoms with van der Waals surface area (Å²) in [5.41, 5.74) is 0.926. The van der Waals surface area contributed by atoms with Gasteiger partial charge in [0.2, 0.25) is 0 Å². The van der Waals surface area contributed by atoms with Crippen LogP contribution in [0.15, 0.2) is 18.2 Å². The van der Waals surface area contributed by atoms with Crippen molar-refractivity contribution >= 4 is 23.2 Å². The van der Waals surface area contributed by atoms with E-state index in [0.29, 0.717) is 23.3 Å². The van der Waals surface area contributed by atoms with Crippen LogP contribution in [-0.2, 0) is 10.6 Å². The molecule has 0 bridgehead atoms. The zero-order chi connectivity index (χ0) is 12.1. The van der Waals surface area contributed by atoms with E-state index in [0.717, 1.165) is 25.0 Å².